The van der Waals surface area contributed by atoms with Gasteiger partial charge in [-0.3, -0.25) is 4.79 Å². The summed E-state index contributed by atoms with van der Waals surface area (Å²) in [5.41, 5.74) is 0.453. The first kappa shape index (κ1) is 18.0. The molecule has 0 spiro atoms. The van der Waals surface area contributed by atoms with E-state index in [1.807, 2.05) is 6.07 Å². The number of carbonyl (C=O) groups excluding carboxylic acids is 1. The van der Waals surface area contributed by atoms with Crippen molar-refractivity contribution in [1.29, 1.82) is 0 Å². The standard InChI is InChI=1S/C21H17F3O2/c1-14-7-12-20(26-14)18(13-19(25)16-5-3-2-4-6-16)15-8-10-17(11-9-15)21(22,23)24/h2-12,18H,13H2,1H3. The molecule has 1 heterocycles. The van der Waals surface area contributed by atoms with E-state index < -0.39 is 17.7 Å². The van der Waals surface area contributed by atoms with Crippen LogP contribution in [0.1, 0.15) is 45.3 Å². The number of Topliss-reactive ketones (excluding diaryl/α,β-unsaturated/α-hetero) is 1. The number of aryl methyl sites for hydroxylation is 1. The Labute approximate surface area is 149 Å². The van der Waals surface area contributed by atoms with Gasteiger partial charge in [0.1, 0.15) is 11.5 Å². The van der Waals surface area contributed by atoms with Crippen LogP contribution in [0.2, 0.25) is 0 Å². The van der Waals surface area contributed by atoms with Crippen molar-refractivity contribution in [3.63, 3.8) is 0 Å². The summed E-state index contributed by atoms with van der Waals surface area (Å²) < 4.78 is 44.1. The first-order valence-electron chi connectivity index (χ1n) is 8.16. The fourth-order valence-corrected chi connectivity index (χ4v) is 2.86. The lowest BCUT2D eigenvalue weighted by Gasteiger charge is -2.16. The van der Waals surface area contributed by atoms with E-state index in [4.69, 9.17) is 4.42 Å². The molecule has 3 aromatic rings. The molecule has 0 bridgehead atoms. The summed E-state index contributed by atoms with van der Waals surface area (Å²) in [6, 6.07) is 17.2. The first-order valence-corrected chi connectivity index (χ1v) is 8.16. The number of ketones is 1. The zero-order valence-electron chi connectivity index (χ0n) is 14.1. The van der Waals surface area contributed by atoms with Crippen LogP contribution in [-0.2, 0) is 6.18 Å². The monoisotopic (exact) mass is 358 g/mol. The van der Waals surface area contributed by atoms with Crippen molar-refractivity contribution in [1.82, 2.24) is 0 Å². The lowest BCUT2D eigenvalue weighted by molar-refractivity contribution is -0.137. The predicted octanol–water partition coefficient (Wildman–Crippen LogP) is 6.01. The second kappa shape index (κ2) is 7.20. The molecule has 0 amide bonds. The Morgan fingerprint density at radius 3 is 2.15 bits per heavy atom. The van der Waals surface area contributed by atoms with Crippen molar-refractivity contribution in [2.45, 2.75) is 25.4 Å². The minimum Gasteiger partial charge on any atom is -0.466 e. The number of benzene rings is 2. The second-order valence-electron chi connectivity index (χ2n) is 6.11. The zero-order chi connectivity index (χ0) is 18.7. The van der Waals surface area contributed by atoms with Crippen molar-refractivity contribution in [3.8, 4) is 0 Å². The number of hydrogen-bond acceptors (Lipinski definition) is 2. The van der Waals surface area contributed by atoms with Crippen molar-refractivity contribution < 1.29 is 22.4 Å². The third kappa shape index (κ3) is 4.04. The number of alkyl halides is 3. The summed E-state index contributed by atoms with van der Waals surface area (Å²) >= 11 is 0. The number of hydrogen-bond donors (Lipinski definition) is 0. The van der Waals surface area contributed by atoms with E-state index >= 15 is 0 Å². The molecule has 0 radical (unpaired) electrons. The molecule has 5 heteroatoms. The molecule has 0 N–H and O–H groups in total. The second-order valence-corrected chi connectivity index (χ2v) is 6.11. The Hall–Kier alpha value is -2.82. The molecule has 0 aliphatic rings. The largest absolute Gasteiger partial charge is 0.466 e. The van der Waals surface area contributed by atoms with E-state index in [2.05, 4.69) is 0 Å². The first-order chi connectivity index (χ1) is 12.3. The Balaban J connectivity index is 1.93. The van der Waals surface area contributed by atoms with Crippen LogP contribution < -0.4 is 0 Å². The topological polar surface area (TPSA) is 30.2 Å². The molecule has 1 aromatic heterocycles. The van der Waals surface area contributed by atoms with Crippen molar-refractivity contribution in [2.75, 3.05) is 0 Å². The van der Waals surface area contributed by atoms with Crippen LogP contribution in [0, 0.1) is 6.92 Å². The minimum absolute atomic E-state index is 0.0930. The molecular formula is C21H17F3O2. The van der Waals surface area contributed by atoms with Gasteiger partial charge in [-0.15, -0.1) is 0 Å². The van der Waals surface area contributed by atoms with E-state index in [1.54, 1.807) is 43.3 Å². The van der Waals surface area contributed by atoms with Gasteiger partial charge in [0, 0.05) is 17.9 Å². The lowest BCUT2D eigenvalue weighted by atomic mass is 9.89. The average molecular weight is 358 g/mol. The van der Waals surface area contributed by atoms with Crippen LogP contribution in [0.4, 0.5) is 13.2 Å². The van der Waals surface area contributed by atoms with Crippen molar-refractivity contribution in [2.24, 2.45) is 0 Å². The van der Waals surface area contributed by atoms with Crippen LogP contribution >= 0.6 is 0 Å². The number of furan rings is 1. The van der Waals surface area contributed by atoms with E-state index in [-0.39, 0.29) is 12.2 Å². The van der Waals surface area contributed by atoms with Crippen LogP contribution in [0.25, 0.3) is 0 Å². The highest BCUT2D eigenvalue weighted by Crippen LogP contribution is 2.34. The van der Waals surface area contributed by atoms with E-state index in [9.17, 15) is 18.0 Å². The fraction of sp³-hybridized carbons (Fsp3) is 0.190. The minimum atomic E-state index is -4.39. The summed E-state index contributed by atoms with van der Waals surface area (Å²) in [7, 11) is 0. The van der Waals surface area contributed by atoms with Crippen LogP contribution in [0.15, 0.2) is 71.1 Å². The Kier molecular flexibility index (Phi) is 4.98. The van der Waals surface area contributed by atoms with Gasteiger partial charge in [0.15, 0.2) is 5.78 Å². The molecule has 0 saturated heterocycles. The Bertz CT molecular complexity index is 878. The Morgan fingerprint density at radius 2 is 1.62 bits per heavy atom. The molecule has 134 valence electrons. The highest BCUT2D eigenvalue weighted by Gasteiger charge is 2.31. The average Bonchev–Trinajstić information content (AvgIpc) is 3.05. The van der Waals surface area contributed by atoms with Gasteiger partial charge in [-0.1, -0.05) is 42.5 Å². The summed E-state index contributed by atoms with van der Waals surface area (Å²) in [5.74, 6) is 0.707. The van der Waals surface area contributed by atoms with E-state index in [0.717, 1.165) is 12.1 Å². The number of carbonyl (C=O) groups is 1. The van der Waals surface area contributed by atoms with Crippen molar-refractivity contribution >= 4 is 5.78 Å². The van der Waals surface area contributed by atoms with Gasteiger partial charge >= 0.3 is 6.18 Å². The van der Waals surface area contributed by atoms with Crippen LogP contribution in [0.3, 0.4) is 0 Å². The fourth-order valence-electron chi connectivity index (χ4n) is 2.86. The summed E-state index contributed by atoms with van der Waals surface area (Å²) in [4.78, 5) is 12.6. The SMILES string of the molecule is Cc1ccc(C(CC(=O)c2ccccc2)c2ccc(C(F)(F)F)cc2)o1. The van der Waals surface area contributed by atoms with Gasteiger partial charge in [-0.05, 0) is 36.8 Å². The molecule has 2 nitrogen and oxygen atoms in total. The molecule has 0 aliphatic heterocycles. The van der Waals surface area contributed by atoms with Gasteiger partial charge in [0.05, 0.1) is 5.56 Å². The maximum absolute atomic E-state index is 12.8. The van der Waals surface area contributed by atoms with E-state index in [0.29, 0.717) is 22.6 Å². The molecule has 26 heavy (non-hydrogen) atoms. The highest BCUT2D eigenvalue weighted by molar-refractivity contribution is 5.96. The smallest absolute Gasteiger partial charge is 0.416 e. The molecule has 3 rings (SSSR count). The Morgan fingerprint density at radius 1 is 0.962 bits per heavy atom. The molecule has 0 saturated carbocycles. The van der Waals surface area contributed by atoms with Gasteiger partial charge in [-0.2, -0.15) is 13.2 Å². The van der Waals surface area contributed by atoms with Crippen LogP contribution in [0.5, 0.6) is 0 Å². The summed E-state index contributed by atoms with van der Waals surface area (Å²) in [6.07, 6.45) is -4.28. The van der Waals surface area contributed by atoms with Crippen molar-refractivity contribution in [3.05, 3.63) is 94.9 Å². The third-order valence-electron chi connectivity index (χ3n) is 4.23. The zero-order valence-corrected chi connectivity index (χ0v) is 14.1. The number of rotatable bonds is 5. The highest BCUT2D eigenvalue weighted by atomic mass is 19.4. The maximum Gasteiger partial charge on any atom is 0.416 e. The van der Waals surface area contributed by atoms with Crippen LogP contribution in [-0.4, -0.2) is 5.78 Å². The maximum atomic E-state index is 12.8. The molecule has 1 atom stereocenters. The molecular weight excluding hydrogens is 341 g/mol. The molecule has 1 unspecified atom stereocenters. The van der Waals surface area contributed by atoms with Gasteiger partial charge in [0.25, 0.3) is 0 Å². The molecule has 0 fully saturated rings. The van der Waals surface area contributed by atoms with Gasteiger partial charge < -0.3 is 4.42 Å². The van der Waals surface area contributed by atoms with Gasteiger partial charge in [-0.25, -0.2) is 0 Å². The normalized spacial score (nSPS) is 12.8. The van der Waals surface area contributed by atoms with Gasteiger partial charge in [0.2, 0.25) is 0 Å². The summed E-state index contributed by atoms with van der Waals surface area (Å²) in [5, 5.41) is 0. The molecule has 2 aromatic carbocycles. The number of halogens is 3. The summed E-state index contributed by atoms with van der Waals surface area (Å²) in [6.45, 7) is 1.78. The third-order valence-corrected chi connectivity index (χ3v) is 4.23. The van der Waals surface area contributed by atoms with E-state index in [1.165, 1.54) is 12.1 Å². The quantitative estimate of drug-likeness (QED) is 0.523. The predicted molar refractivity (Wildman–Crippen MR) is 92.1 cm³/mol. The lowest BCUT2D eigenvalue weighted by Crippen LogP contribution is -2.10. The molecule has 0 aliphatic carbocycles.